The number of hydrogen-bond donors (Lipinski definition) is 2. The van der Waals surface area contributed by atoms with Crippen LogP contribution in [0.4, 0.5) is 11.4 Å². The third kappa shape index (κ3) is 4.74. The van der Waals surface area contributed by atoms with Crippen LogP contribution in [0.2, 0.25) is 0 Å². The third-order valence-corrected chi connectivity index (χ3v) is 3.66. The van der Waals surface area contributed by atoms with Gasteiger partial charge in [0.05, 0.1) is 19.3 Å². The zero-order valence-corrected chi connectivity index (χ0v) is 14.1. The van der Waals surface area contributed by atoms with Crippen molar-refractivity contribution in [1.29, 1.82) is 0 Å². The number of carbonyl (C=O) groups excluding carboxylic acids is 1. The molecule has 0 aliphatic rings. The molecule has 4 nitrogen and oxygen atoms in total. The minimum atomic E-state index is -0.109. The molecule has 0 saturated heterocycles. The molecular weight excluding hydrogens is 288 g/mol. The molecule has 0 bridgehead atoms. The lowest BCUT2D eigenvalue weighted by Gasteiger charge is -2.12. The van der Waals surface area contributed by atoms with Crippen LogP contribution in [0.15, 0.2) is 42.5 Å². The fourth-order valence-corrected chi connectivity index (χ4v) is 2.28. The van der Waals surface area contributed by atoms with Gasteiger partial charge in [-0.05, 0) is 48.2 Å². The van der Waals surface area contributed by atoms with Gasteiger partial charge in [-0.15, -0.1) is 0 Å². The normalized spacial score (nSPS) is 10.5. The van der Waals surface area contributed by atoms with Crippen LogP contribution in [0, 0.1) is 6.92 Å². The van der Waals surface area contributed by atoms with Gasteiger partial charge in [-0.1, -0.05) is 32.0 Å². The predicted octanol–water partition coefficient (Wildman–Crippen LogP) is 4.18. The highest BCUT2D eigenvalue weighted by molar-refractivity contribution is 5.95. The second kappa shape index (κ2) is 7.68. The lowest BCUT2D eigenvalue weighted by molar-refractivity contribution is -0.114. The number of rotatable bonds is 6. The van der Waals surface area contributed by atoms with Crippen LogP contribution in [-0.2, 0) is 4.79 Å². The molecule has 0 heterocycles. The molecule has 0 atom stereocenters. The molecule has 2 aromatic carbocycles. The summed E-state index contributed by atoms with van der Waals surface area (Å²) in [6, 6.07) is 13.8. The van der Waals surface area contributed by atoms with Gasteiger partial charge in [0, 0.05) is 5.69 Å². The van der Waals surface area contributed by atoms with E-state index < -0.39 is 0 Å². The highest BCUT2D eigenvalue weighted by Crippen LogP contribution is 2.25. The highest BCUT2D eigenvalue weighted by Gasteiger charge is 2.08. The molecule has 0 aliphatic carbocycles. The van der Waals surface area contributed by atoms with E-state index in [9.17, 15) is 4.79 Å². The first-order chi connectivity index (χ1) is 11.0. The Kier molecular flexibility index (Phi) is 5.63. The topological polar surface area (TPSA) is 50.4 Å². The van der Waals surface area contributed by atoms with E-state index in [4.69, 9.17) is 4.74 Å². The van der Waals surface area contributed by atoms with Crippen LogP contribution in [0.25, 0.3) is 0 Å². The Balaban J connectivity index is 1.94. The number of hydrogen-bond acceptors (Lipinski definition) is 3. The summed E-state index contributed by atoms with van der Waals surface area (Å²) in [4.78, 5) is 12.1. The maximum Gasteiger partial charge on any atom is 0.243 e. The van der Waals surface area contributed by atoms with Gasteiger partial charge in [-0.2, -0.15) is 0 Å². The monoisotopic (exact) mass is 312 g/mol. The minimum absolute atomic E-state index is 0.109. The highest BCUT2D eigenvalue weighted by atomic mass is 16.5. The van der Waals surface area contributed by atoms with Crippen molar-refractivity contribution in [2.45, 2.75) is 26.7 Å². The molecule has 0 fully saturated rings. The van der Waals surface area contributed by atoms with Crippen LogP contribution >= 0.6 is 0 Å². The summed E-state index contributed by atoms with van der Waals surface area (Å²) in [5, 5.41) is 6.01. The third-order valence-electron chi connectivity index (χ3n) is 3.66. The van der Waals surface area contributed by atoms with Gasteiger partial charge >= 0.3 is 0 Å². The molecule has 0 unspecified atom stereocenters. The van der Waals surface area contributed by atoms with E-state index in [0.29, 0.717) is 17.4 Å². The molecule has 0 saturated carbocycles. The van der Waals surface area contributed by atoms with Gasteiger partial charge in [0.25, 0.3) is 0 Å². The number of aryl methyl sites for hydroxylation is 1. The Morgan fingerprint density at radius 1 is 1.13 bits per heavy atom. The van der Waals surface area contributed by atoms with E-state index in [2.05, 4.69) is 36.6 Å². The summed E-state index contributed by atoms with van der Waals surface area (Å²) < 4.78 is 5.26. The number of nitrogens with one attached hydrogen (secondary N) is 2. The zero-order chi connectivity index (χ0) is 16.8. The molecule has 0 radical (unpaired) electrons. The summed E-state index contributed by atoms with van der Waals surface area (Å²) >= 11 is 0. The summed E-state index contributed by atoms with van der Waals surface area (Å²) in [5.74, 6) is 1.05. The van der Waals surface area contributed by atoms with E-state index in [0.717, 1.165) is 11.3 Å². The molecule has 2 rings (SSSR count). The van der Waals surface area contributed by atoms with Crippen molar-refractivity contribution in [3.8, 4) is 5.75 Å². The van der Waals surface area contributed by atoms with Crippen molar-refractivity contribution in [3.05, 3.63) is 53.6 Å². The van der Waals surface area contributed by atoms with Crippen LogP contribution in [0.5, 0.6) is 5.75 Å². The van der Waals surface area contributed by atoms with Crippen molar-refractivity contribution in [1.82, 2.24) is 0 Å². The van der Waals surface area contributed by atoms with E-state index in [1.807, 2.05) is 37.3 Å². The molecule has 23 heavy (non-hydrogen) atoms. The first-order valence-corrected chi connectivity index (χ1v) is 7.78. The van der Waals surface area contributed by atoms with Gasteiger partial charge in [-0.3, -0.25) is 4.79 Å². The summed E-state index contributed by atoms with van der Waals surface area (Å²) in [7, 11) is 1.59. The number of methoxy groups -OCH3 is 1. The SMILES string of the molecule is COc1ccc(C)cc1NC(=O)CNc1ccc(C(C)C)cc1. The van der Waals surface area contributed by atoms with Gasteiger partial charge < -0.3 is 15.4 Å². The minimum Gasteiger partial charge on any atom is -0.495 e. The first kappa shape index (κ1) is 16.9. The van der Waals surface area contributed by atoms with E-state index in [-0.39, 0.29) is 12.5 Å². The Hall–Kier alpha value is -2.49. The summed E-state index contributed by atoms with van der Waals surface area (Å²) in [6.45, 7) is 6.50. The number of anilines is 2. The Labute approximate surface area is 137 Å². The van der Waals surface area contributed by atoms with Crippen LogP contribution < -0.4 is 15.4 Å². The predicted molar refractivity (Wildman–Crippen MR) is 95.4 cm³/mol. The van der Waals surface area contributed by atoms with E-state index >= 15 is 0 Å². The first-order valence-electron chi connectivity index (χ1n) is 7.78. The van der Waals surface area contributed by atoms with Crippen molar-refractivity contribution in [2.24, 2.45) is 0 Å². The van der Waals surface area contributed by atoms with Crippen molar-refractivity contribution >= 4 is 17.3 Å². The molecule has 122 valence electrons. The summed E-state index contributed by atoms with van der Waals surface area (Å²) in [6.07, 6.45) is 0. The standard InChI is InChI=1S/C19H24N2O2/c1-13(2)15-6-8-16(9-7-15)20-12-19(22)21-17-11-14(3)5-10-18(17)23-4/h5-11,13,20H,12H2,1-4H3,(H,21,22). The second-order valence-electron chi connectivity index (χ2n) is 5.88. The zero-order valence-electron chi connectivity index (χ0n) is 14.1. The largest absolute Gasteiger partial charge is 0.495 e. The van der Waals surface area contributed by atoms with Crippen LogP contribution in [0.1, 0.15) is 30.9 Å². The Morgan fingerprint density at radius 3 is 2.43 bits per heavy atom. The van der Waals surface area contributed by atoms with E-state index in [1.54, 1.807) is 7.11 Å². The van der Waals surface area contributed by atoms with Gasteiger partial charge in [0.1, 0.15) is 5.75 Å². The fourth-order valence-electron chi connectivity index (χ4n) is 2.28. The maximum atomic E-state index is 12.1. The lowest BCUT2D eigenvalue weighted by atomic mass is 10.0. The van der Waals surface area contributed by atoms with Gasteiger partial charge in [-0.25, -0.2) is 0 Å². The number of benzene rings is 2. The Morgan fingerprint density at radius 2 is 1.83 bits per heavy atom. The fraction of sp³-hybridized carbons (Fsp3) is 0.316. The molecule has 0 aliphatic heterocycles. The van der Waals surface area contributed by atoms with Crippen molar-refractivity contribution in [2.75, 3.05) is 24.3 Å². The number of ether oxygens (including phenoxy) is 1. The van der Waals surface area contributed by atoms with Crippen LogP contribution in [-0.4, -0.2) is 19.6 Å². The van der Waals surface area contributed by atoms with E-state index in [1.165, 1.54) is 5.56 Å². The van der Waals surface area contributed by atoms with Crippen LogP contribution in [0.3, 0.4) is 0 Å². The van der Waals surface area contributed by atoms with Crippen molar-refractivity contribution in [3.63, 3.8) is 0 Å². The molecule has 4 heteroatoms. The average molecular weight is 312 g/mol. The quantitative estimate of drug-likeness (QED) is 0.841. The maximum absolute atomic E-state index is 12.1. The number of carbonyl (C=O) groups is 1. The molecule has 0 spiro atoms. The average Bonchev–Trinajstić information content (AvgIpc) is 2.53. The molecule has 0 aromatic heterocycles. The molecule has 2 aromatic rings. The molecule has 1 amide bonds. The lowest BCUT2D eigenvalue weighted by Crippen LogP contribution is -2.22. The smallest absolute Gasteiger partial charge is 0.243 e. The number of amides is 1. The van der Waals surface area contributed by atoms with Crippen molar-refractivity contribution < 1.29 is 9.53 Å². The molecule has 2 N–H and O–H groups in total. The molecular formula is C19H24N2O2. The Bertz CT molecular complexity index is 664. The summed E-state index contributed by atoms with van der Waals surface area (Å²) in [5.41, 5.74) is 3.97. The second-order valence-corrected chi connectivity index (χ2v) is 5.88. The van der Waals surface area contributed by atoms with Gasteiger partial charge in [0.2, 0.25) is 5.91 Å². The van der Waals surface area contributed by atoms with Gasteiger partial charge in [0.15, 0.2) is 0 Å².